The summed E-state index contributed by atoms with van der Waals surface area (Å²) in [5.74, 6) is 2.85. The first-order valence-electron chi connectivity index (χ1n) is 14.3. The predicted molar refractivity (Wildman–Crippen MR) is 172 cm³/mol. The Balaban J connectivity index is 1.44. The minimum atomic E-state index is -0.391. The van der Waals surface area contributed by atoms with Crippen LogP contribution in [0.4, 0.5) is 0 Å². The zero-order valence-corrected chi connectivity index (χ0v) is 22.9. The molecule has 0 N–H and O–H groups in total. The van der Waals surface area contributed by atoms with Gasteiger partial charge in [-0.05, 0) is 23.1 Å². The number of fused-ring (bicyclic) bond motifs is 9. The molecular weight excluding hydrogens is 529 g/mol. The molecule has 5 nitrogen and oxygen atoms in total. The first-order valence-corrected chi connectivity index (χ1v) is 14.3. The lowest BCUT2D eigenvalue weighted by molar-refractivity contribution is 0.627. The van der Waals surface area contributed by atoms with Crippen LogP contribution in [0.2, 0.25) is 0 Å². The van der Waals surface area contributed by atoms with Crippen molar-refractivity contribution in [1.82, 2.24) is 15.0 Å². The number of hydrogen-bond donors (Lipinski definition) is 0. The van der Waals surface area contributed by atoms with Crippen molar-refractivity contribution in [3.8, 4) is 45.4 Å². The van der Waals surface area contributed by atoms with Crippen molar-refractivity contribution in [3.05, 3.63) is 133 Å². The molecule has 5 aromatic carbocycles. The van der Waals surface area contributed by atoms with Crippen LogP contribution in [-0.4, -0.2) is 21.7 Å². The molecule has 4 heterocycles. The van der Waals surface area contributed by atoms with E-state index >= 15 is 0 Å². The molecule has 200 valence electrons. The Hall–Kier alpha value is -5.75. The van der Waals surface area contributed by atoms with Crippen molar-refractivity contribution in [2.45, 2.75) is 0 Å². The molecule has 0 saturated carbocycles. The van der Waals surface area contributed by atoms with E-state index in [-0.39, 0.29) is 0 Å². The predicted octanol–water partition coefficient (Wildman–Crippen LogP) is 6.86. The highest BCUT2D eigenvalue weighted by atomic mass is 16.3. The van der Waals surface area contributed by atoms with E-state index in [1.165, 1.54) is 0 Å². The highest BCUT2D eigenvalue weighted by Crippen LogP contribution is 2.39. The second-order valence-electron chi connectivity index (χ2n) is 10.7. The molecule has 0 saturated heterocycles. The van der Waals surface area contributed by atoms with Gasteiger partial charge in [0, 0.05) is 33.0 Å². The zero-order chi connectivity index (χ0) is 28.3. The van der Waals surface area contributed by atoms with Gasteiger partial charge < -0.3 is 8.83 Å². The number of furan rings is 2. The first kappa shape index (κ1) is 23.9. The Kier molecular flexibility index (Phi) is 5.22. The standard InChI is InChI=1S/C37H22BN3O2/c1-3-13-23(14-4-1)35-39-36(24-15-5-2-6-16-24)41-37(40-35)38-31-27-19-9-11-21-29(27)42-33(31)25-17-7-8-18-26(25)34-32(38)28-20-10-12-22-30(28)43-34/h1-22H. The summed E-state index contributed by atoms with van der Waals surface area (Å²) in [6, 6.07) is 44.9. The highest BCUT2D eigenvalue weighted by molar-refractivity contribution is 6.99. The lowest BCUT2D eigenvalue weighted by Crippen LogP contribution is -2.55. The van der Waals surface area contributed by atoms with Gasteiger partial charge in [0.15, 0.2) is 11.6 Å². The summed E-state index contributed by atoms with van der Waals surface area (Å²) in [4.78, 5) is 15.4. The second kappa shape index (κ2) is 9.40. The molecule has 0 unspecified atom stereocenters. The number of benzene rings is 5. The average molecular weight is 551 g/mol. The molecule has 6 heteroatoms. The summed E-state index contributed by atoms with van der Waals surface area (Å²) in [6.07, 6.45) is 0. The van der Waals surface area contributed by atoms with Crippen molar-refractivity contribution in [3.63, 3.8) is 0 Å². The van der Waals surface area contributed by atoms with Crippen LogP contribution in [0.1, 0.15) is 0 Å². The van der Waals surface area contributed by atoms with E-state index in [9.17, 15) is 0 Å². The van der Waals surface area contributed by atoms with Gasteiger partial charge in [0.1, 0.15) is 28.4 Å². The molecule has 9 rings (SSSR count). The largest absolute Gasteiger partial charge is 0.457 e. The van der Waals surface area contributed by atoms with E-state index in [0.29, 0.717) is 17.4 Å². The fourth-order valence-electron chi connectivity index (χ4n) is 6.34. The molecular formula is C37H22BN3O2. The molecule has 0 radical (unpaired) electrons. The van der Waals surface area contributed by atoms with Crippen LogP contribution in [0.25, 0.3) is 67.4 Å². The van der Waals surface area contributed by atoms with Gasteiger partial charge in [-0.25, -0.2) is 15.0 Å². The number of aromatic nitrogens is 3. The smallest absolute Gasteiger partial charge is 0.300 e. The molecule has 0 aliphatic carbocycles. The summed E-state index contributed by atoms with van der Waals surface area (Å²) in [7, 11) is 0. The second-order valence-corrected chi connectivity index (χ2v) is 10.7. The van der Waals surface area contributed by atoms with Crippen molar-refractivity contribution in [1.29, 1.82) is 0 Å². The van der Waals surface area contributed by atoms with Gasteiger partial charge in [0.05, 0.1) is 0 Å². The Morgan fingerprint density at radius 2 is 0.837 bits per heavy atom. The maximum Gasteiger partial charge on any atom is 0.300 e. The number of nitrogens with zero attached hydrogens (tertiary/aromatic N) is 3. The van der Waals surface area contributed by atoms with Crippen LogP contribution >= 0.6 is 0 Å². The van der Waals surface area contributed by atoms with Gasteiger partial charge in [-0.1, -0.05) is 121 Å². The summed E-state index contributed by atoms with van der Waals surface area (Å²) in [6.45, 7) is -0.391. The first-order chi connectivity index (χ1) is 21.3. The SMILES string of the molecule is c1ccc(-c2nc(B3c4c(oc5ccccc45)-c4ccccc4-c4oc5ccccc5c43)nc(-c3ccccc3)n2)cc1. The van der Waals surface area contributed by atoms with E-state index in [0.717, 1.165) is 66.6 Å². The van der Waals surface area contributed by atoms with E-state index in [1.807, 2.05) is 97.1 Å². The topological polar surface area (TPSA) is 65.0 Å². The van der Waals surface area contributed by atoms with Crippen molar-refractivity contribution >= 4 is 45.3 Å². The molecule has 3 aromatic heterocycles. The van der Waals surface area contributed by atoms with Crippen LogP contribution < -0.4 is 16.6 Å². The quantitative estimate of drug-likeness (QED) is 0.225. The molecule has 43 heavy (non-hydrogen) atoms. The molecule has 8 aromatic rings. The van der Waals surface area contributed by atoms with E-state index in [2.05, 4.69) is 36.4 Å². The number of rotatable bonds is 3. The molecule has 0 bridgehead atoms. The summed E-state index contributed by atoms with van der Waals surface area (Å²) in [5.41, 5.74) is 8.16. The van der Waals surface area contributed by atoms with Gasteiger partial charge in [0.25, 0.3) is 6.71 Å². The van der Waals surface area contributed by atoms with Gasteiger partial charge >= 0.3 is 0 Å². The van der Waals surface area contributed by atoms with Crippen LogP contribution in [0.3, 0.4) is 0 Å². The lowest BCUT2D eigenvalue weighted by atomic mass is 9.39. The van der Waals surface area contributed by atoms with Crippen LogP contribution in [0.15, 0.2) is 142 Å². The van der Waals surface area contributed by atoms with Crippen LogP contribution in [-0.2, 0) is 0 Å². The molecule has 0 fully saturated rings. The fourth-order valence-corrected chi connectivity index (χ4v) is 6.34. The van der Waals surface area contributed by atoms with Gasteiger partial charge in [-0.3, -0.25) is 0 Å². The maximum atomic E-state index is 6.68. The lowest BCUT2D eigenvalue weighted by Gasteiger charge is -2.15. The molecule has 0 atom stereocenters. The van der Waals surface area contributed by atoms with Gasteiger partial charge in [-0.2, -0.15) is 0 Å². The monoisotopic (exact) mass is 551 g/mol. The Labute approximate surface area is 247 Å². The average Bonchev–Trinajstić information content (AvgIpc) is 3.62. The molecule has 0 spiro atoms. The molecule has 1 aliphatic rings. The third-order valence-corrected chi connectivity index (χ3v) is 8.24. The van der Waals surface area contributed by atoms with E-state index < -0.39 is 6.71 Å². The van der Waals surface area contributed by atoms with Gasteiger partial charge in [0.2, 0.25) is 0 Å². The van der Waals surface area contributed by atoms with E-state index in [1.54, 1.807) is 0 Å². The summed E-state index contributed by atoms with van der Waals surface area (Å²) >= 11 is 0. The Bertz CT molecular complexity index is 2150. The number of para-hydroxylation sites is 2. The zero-order valence-electron chi connectivity index (χ0n) is 22.9. The fraction of sp³-hybridized carbons (Fsp3) is 0. The van der Waals surface area contributed by atoms with Crippen molar-refractivity contribution in [2.75, 3.05) is 0 Å². The maximum absolute atomic E-state index is 6.68. The molecule has 1 aliphatic heterocycles. The van der Waals surface area contributed by atoms with Crippen LogP contribution in [0.5, 0.6) is 0 Å². The van der Waals surface area contributed by atoms with Crippen LogP contribution in [0, 0.1) is 0 Å². The van der Waals surface area contributed by atoms with Crippen molar-refractivity contribution in [2.24, 2.45) is 0 Å². The van der Waals surface area contributed by atoms with E-state index in [4.69, 9.17) is 23.8 Å². The summed E-state index contributed by atoms with van der Waals surface area (Å²) < 4.78 is 13.4. The van der Waals surface area contributed by atoms with Crippen molar-refractivity contribution < 1.29 is 8.83 Å². The summed E-state index contributed by atoms with van der Waals surface area (Å²) in [5, 5.41) is 2.05. The third kappa shape index (κ3) is 3.70. The highest BCUT2D eigenvalue weighted by Gasteiger charge is 2.41. The number of hydrogen-bond acceptors (Lipinski definition) is 5. The minimum Gasteiger partial charge on any atom is -0.457 e. The normalized spacial score (nSPS) is 12.1. The molecule has 0 amide bonds. The van der Waals surface area contributed by atoms with Gasteiger partial charge in [-0.15, -0.1) is 0 Å². The Morgan fingerprint density at radius 1 is 0.419 bits per heavy atom. The Morgan fingerprint density at radius 3 is 1.33 bits per heavy atom. The minimum absolute atomic E-state index is 0.391. The third-order valence-electron chi connectivity index (χ3n) is 8.24.